The fourth-order valence-electron chi connectivity index (χ4n) is 2.16. The van der Waals surface area contributed by atoms with Crippen LogP contribution in [0.1, 0.15) is 30.9 Å². The molecule has 0 spiro atoms. The first-order valence-corrected chi connectivity index (χ1v) is 6.85. The molecule has 0 atom stereocenters. The summed E-state index contributed by atoms with van der Waals surface area (Å²) in [5.74, 6) is 0.463. The molecule has 19 heavy (non-hydrogen) atoms. The van der Waals surface area contributed by atoms with Gasteiger partial charge in [0.1, 0.15) is 5.75 Å². The molecule has 0 heterocycles. The van der Waals surface area contributed by atoms with Crippen LogP contribution in [-0.2, 0) is 0 Å². The molecular formula is C16H14BrNO. The van der Waals surface area contributed by atoms with E-state index in [4.69, 9.17) is 0 Å². The smallest absolute Gasteiger partial charge is 0.124 e. The van der Waals surface area contributed by atoms with Crippen molar-refractivity contribution in [2.75, 3.05) is 0 Å². The van der Waals surface area contributed by atoms with E-state index in [1.165, 1.54) is 0 Å². The zero-order valence-corrected chi connectivity index (χ0v) is 12.4. The summed E-state index contributed by atoms with van der Waals surface area (Å²) in [7, 11) is 0. The van der Waals surface area contributed by atoms with E-state index in [0.29, 0.717) is 11.1 Å². The second-order valence-electron chi connectivity index (χ2n) is 4.70. The van der Waals surface area contributed by atoms with Crippen molar-refractivity contribution < 1.29 is 5.11 Å². The van der Waals surface area contributed by atoms with Gasteiger partial charge in [0.05, 0.1) is 11.6 Å². The van der Waals surface area contributed by atoms with Gasteiger partial charge in [-0.05, 0) is 35.7 Å². The van der Waals surface area contributed by atoms with Gasteiger partial charge in [-0.1, -0.05) is 41.9 Å². The Kier molecular flexibility index (Phi) is 3.92. The molecule has 96 valence electrons. The summed E-state index contributed by atoms with van der Waals surface area (Å²) in [6, 6.07) is 13.2. The van der Waals surface area contributed by atoms with Crippen LogP contribution in [0.5, 0.6) is 5.75 Å². The Morgan fingerprint density at radius 1 is 1.21 bits per heavy atom. The Bertz CT molecular complexity index is 656. The molecule has 2 nitrogen and oxygen atoms in total. The summed E-state index contributed by atoms with van der Waals surface area (Å²) in [6.45, 7) is 4.16. The minimum absolute atomic E-state index is 0.180. The highest BCUT2D eigenvalue weighted by atomic mass is 79.9. The maximum atomic E-state index is 10.1. The number of nitriles is 1. The third-order valence-electron chi connectivity index (χ3n) is 3.07. The van der Waals surface area contributed by atoms with Crippen molar-refractivity contribution in [1.29, 1.82) is 5.26 Å². The van der Waals surface area contributed by atoms with Gasteiger partial charge in [-0.15, -0.1) is 0 Å². The number of rotatable bonds is 2. The molecule has 1 N–H and O–H groups in total. The fraction of sp³-hybridized carbons (Fsp3) is 0.188. The van der Waals surface area contributed by atoms with E-state index in [1.807, 2.05) is 24.3 Å². The predicted octanol–water partition coefficient (Wildman–Crippen LogP) is 4.82. The highest BCUT2D eigenvalue weighted by molar-refractivity contribution is 9.10. The molecule has 0 aliphatic carbocycles. The summed E-state index contributed by atoms with van der Waals surface area (Å²) in [5.41, 5.74) is 3.18. The number of phenols is 1. The van der Waals surface area contributed by atoms with Crippen molar-refractivity contribution in [2.24, 2.45) is 0 Å². The minimum atomic E-state index is 0.180. The van der Waals surface area contributed by atoms with Crippen molar-refractivity contribution in [3.05, 3.63) is 52.0 Å². The van der Waals surface area contributed by atoms with E-state index in [9.17, 15) is 10.4 Å². The van der Waals surface area contributed by atoms with Crippen LogP contribution in [0.3, 0.4) is 0 Å². The molecular weight excluding hydrogens is 302 g/mol. The van der Waals surface area contributed by atoms with Crippen molar-refractivity contribution in [3.8, 4) is 22.9 Å². The van der Waals surface area contributed by atoms with Gasteiger partial charge >= 0.3 is 0 Å². The van der Waals surface area contributed by atoms with Crippen LogP contribution in [-0.4, -0.2) is 5.11 Å². The molecule has 0 bridgehead atoms. The average Bonchev–Trinajstić information content (AvgIpc) is 2.38. The largest absolute Gasteiger partial charge is 0.507 e. The number of aromatic hydroxyl groups is 1. The number of nitrogens with zero attached hydrogens (tertiary/aromatic N) is 1. The van der Waals surface area contributed by atoms with Crippen LogP contribution >= 0.6 is 15.9 Å². The van der Waals surface area contributed by atoms with Gasteiger partial charge in [-0.2, -0.15) is 5.26 Å². The molecule has 0 amide bonds. The second-order valence-corrected chi connectivity index (χ2v) is 5.61. The first kappa shape index (κ1) is 13.6. The van der Waals surface area contributed by atoms with Crippen LogP contribution in [0.4, 0.5) is 0 Å². The molecule has 0 radical (unpaired) electrons. The third kappa shape index (κ3) is 2.64. The van der Waals surface area contributed by atoms with Crippen molar-refractivity contribution in [2.45, 2.75) is 19.8 Å². The normalized spacial score (nSPS) is 10.5. The standard InChI is InChI=1S/C16H14BrNO/c1-10(2)13-5-3-4-11(9-18)16(13)14-7-6-12(17)8-15(14)19/h3-8,10,19H,1-2H3. The summed E-state index contributed by atoms with van der Waals surface area (Å²) in [4.78, 5) is 0. The predicted molar refractivity (Wildman–Crippen MR) is 80.0 cm³/mol. The van der Waals surface area contributed by atoms with E-state index in [0.717, 1.165) is 15.6 Å². The average molecular weight is 316 g/mol. The molecule has 2 rings (SSSR count). The molecule has 0 aromatic heterocycles. The molecule has 2 aromatic rings. The lowest BCUT2D eigenvalue weighted by molar-refractivity contribution is 0.477. The van der Waals surface area contributed by atoms with Crippen LogP contribution in [0, 0.1) is 11.3 Å². The van der Waals surface area contributed by atoms with Gasteiger partial charge in [-0.3, -0.25) is 0 Å². The maximum absolute atomic E-state index is 10.1. The molecule has 0 aliphatic rings. The maximum Gasteiger partial charge on any atom is 0.124 e. The third-order valence-corrected chi connectivity index (χ3v) is 3.56. The second kappa shape index (κ2) is 5.46. The molecule has 0 fully saturated rings. The molecule has 0 unspecified atom stereocenters. The number of phenolic OH excluding ortho intramolecular Hbond substituents is 1. The van der Waals surface area contributed by atoms with E-state index in [1.54, 1.807) is 12.1 Å². The SMILES string of the molecule is CC(C)c1cccc(C#N)c1-c1ccc(Br)cc1O. The Hall–Kier alpha value is -1.79. The lowest BCUT2D eigenvalue weighted by atomic mass is 9.89. The van der Waals surface area contributed by atoms with Crippen LogP contribution < -0.4 is 0 Å². The van der Waals surface area contributed by atoms with Crippen LogP contribution in [0.15, 0.2) is 40.9 Å². The molecule has 3 heteroatoms. The zero-order chi connectivity index (χ0) is 14.0. The Balaban J connectivity index is 2.77. The van der Waals surface area contributed by atoms with Crippen molar-refractivity contribution in [1.82, 2.24) is 0 Å². The molecule has 0 aliphatic heterocycles. The van der Waals surface area contributed by atoms with Gasteiger partial charge < -0.3 is 5.11 Å². The summed E-state index contributed by atoms with van der Waals surface area (Å²) >= 11 is 3.33. The summed E-state index contributed by atoms with van der Waals surface area (Å²) in [6.07, 6.45) is 0. The number of hydrogen-bond acceptors (Lipinski definition) is 2. The first-order chi connectivity index (χ1) is 9.04. The lowest BCUT2D eigenvalue weighted by Crippen LogP contribution is -1.96. The van der Waals surface area contributed by atoms with Crippen LogP contribution in [0.2, 0.25) is 0 Å². The number of benzene rings is 2. The van der Waals surface area contributed by atoms with Gasteiger partial charge in [0, 0.05) is 15.6 Å². The van der Waals surface area contributed by atoms with Gasteiger partial charge in [0.25, 0.3) is 0 Å². The quantitative estimate of drug-likeness (QED) is 0.863. The Labute approximate surface area is 121 Å². The zero-order valence-electron chi connectivity index (χ0n) is 10.8. The highest BCUT2D eigenvalue weighted by Crippen LogP contribution is 2.38. The first-order valence-electron chi connectivity index (χ1n) is 6.06. The highest BCUT2D eigenvalue weighted by Gasteiger charge is 2.16. The topological polar surface area (TPSA) is 44.0 Å². The van der Waals surface area contributed by atoms with E-state index < -0.39 is 0 Å². The van der Waals surface area contributed by atoms with E-state index >= 15 is 0 Å². The summed E-state index contributed by atoms with van der Waals surface area (Å²) < 4.78 is 0.814. The Morgan fingerprint density at radius 2 is 1.95 bits per heavy atom. The van der Waals surface area contributed by atoms with E-state index in [2.05, 4.69) is 35.8 Å². The van der Waals surface area contributed by atoms with E-state index in [-0.39, 0.29) is 11.7 Å². The lowest BCUT2D eigenvalue weighted by Gasteiger charge is -2.15. The molecule has 0 saturated carbocycles. The van der Waals surface area contributed by atoms with Gasteiger partial charge in [-0.25, -0.2) is 0 Å². The van der Waals surface area contributed by atoms with Gasteiger partial charge in [0.15, 0.2) is 0 Å². The number of hydrogen-bond donors (Lipinski definition) is 1. The van der Waals surface area contributed by atoms with Crippen molar-refractivity contribution in [3.63, 3.8) is 0 Å². The number of halogens is 1. The monoisotopic (exact) mass is 315 g/mol. The van der Waals surface area contributed by atoms with Gasteiger partial charge in [0.2, 0.25) is 0 Å². The molecule has 2 aromatic carbocycles. The van der Waals surface area contributed by atoms with Crippen molar-refractivity contribution >= 4 is 15.9 Å². The van der Waals surface area contributed by atoms with Crippen LogP contribution in [0.25, 0.3) is 11.1 Å². The fourth-order valence-corrected chi connectivity index (χ4v) is 2.51. The molecule has 0 saturated heterocycles. The minimum Gasteiger partial charge on any atom is -0.507 e. The Morgan fingerprint density at radius 3 is 2.53 bits per heavy atom. The summed E-state index contributed by atoms with van der Waals surface area (Å²) in [5, 5.41) is 19.4.